The quantitative estimate of drug-likeness (QED) is 0.677. The molecule has 2 aliphatic heterocycles. The molecule has 2 amide bonds. The number of urea groups is 1. The first-order valence-corrected chi connectivity index (χ1v) is 10.3. The zero-order valence-electron chi connectivity index (χ0n) is 16.3. The van der Waals surface area contributed by atoms with Crippen molar-refractivity contribution in [1.29, 1.82) is 0 Å². The molecular weight excluding hydrogens is 356 g/mol. The van der Waals surface area contributed by atoms with Crippen molar-refractivity contribution in [2.75, 3.05) is 52.6 Å². The number of para-hydroxylation sites is 1. The highest BCUT2D eigenvalue weighted by Gasteiger charge is 2.31. The Morgan fingerprint density at radius 3 is 2.86 bits per heavy atom. The van der Waals surface area contributed by atoms with Crippen molar-refractivity contribution >= 4 is 16.9 Å². The summed E-state index contributed by atoms with van der Waals surface area (Å²) < 4.78 is 11.1. The maximum atomic E-state index is 12.3. The molecule has 7 nitrogen and oxygen atoms in total. The van der Waals surface area contributed by atoms with Gasteiger partial charge in [-0.05, 0) is 24.5 Å². The Labute approximate surface area is 165 Å². The van der Waals surface area contributed by atoms with Crippen LogP contribution in [0.2, 0.25) is 0 Å². The number of hydrogen-bond donors (Lipinski definition) is 3. The van der Waals surface area contributed by atoms with Gasteiger partial charge in [-0.2, -0.15) is 0 Å². The molecule has 28 heavy (non-hydrogen) atoms. The second-order valence-corrected chi connectivity index (χ2v) is 7.59. The van der Waals surface area contributed by atoms with Gasteiger partial charge in [0, 0.05) is 61.8 Å². The molecule has 0 radical (unpaired) electrons. The van der Waals surface area contributed by atoms with E-state index in [0.717, 1.165) is 57.9 Å². The van der Waals surface area contributed by atoms with Crippen LogP contribution in [0.5, 0.6) is 0 Å². The molecule has 1 aromatic carbocycles. The molecule has 2 saturated heterocycles. The Bertz CT molecular complexity index is 766. The Morgan fingerprint density at radius 1 is 1.18 bits per heavy atom. The lowest BCUT2D eigenvalue weighted by atomic mass is 9.97. The average Bonchev–Trinajstić information content (AvgIpc) is 3.40. The van der Waals surface area contributed by atoms with Gasteiger partial charge in [0.25, 0.3) is 0 Å². The second kappa shape index (κ2) is 9.41. The average molecular weight is 386 g/mol. The summed E-state index contributed by atoms with van der Waals surface area (Å²) in [6, 6.07) is 8.45. The summed E-state index contributed by atoms with van der Waals surface area (Å²) in [5.41, 5.74) is 2.36. The van der Waals surface area contributed by atoms with E-state index >= 15 is 0 Å². The van der Waals surface area contributed by atoms with E-state index in [-0.39, 0.29) is 6.03 Å². The summed E-state index contributed by atoms with van der Waals surface area (Å²) in [5, 5.41) is 7.30. The summed E-state index contributed by atoms with van der Waals surface area (Å²) in [6.45, 7) is 6.24. The minimum Gasteiger partial charge on any atom is -0.381 e. The van der Waals surface area contributed by atoms with Crippen LogP contribution in [0.3, 0.4) is 0 Å². The van der Waals surface area contributed by atoms with Gasteiger partial charge in [0.15, 0.2) is 0 Å². The molecule has 152 valence electrons. The SMILES string of the molecule is O=C(NCCc1c[nH]c2ccccc12)NCC(C1CCOC1)N1CCOCC1. The van der Waals surface area contributed by atoms with Crippen LogP contribution in [-0.2, 0) is 15.9 Å². The minimum atomic E-state index is -0.1000. The zero-order valence-corrected chi connectivity index (χ0v) is 16.3. The van der Waals surface area contributed by atoms with Crippen LogP contribution in [0.4, 0.5) is 4.79 Å². The molecular formula is C21H30N4O3. The van der Waals surface area contributed by atoms with Gasteiger partial charge in [0.05, 0.1) is 19.8 Å². The fourth-order valence-corrected chi connectivity index (χ4v) is 4.27. The van der Waals surface area contributed by atoms with Gasteiger partial charge in [-0.15, -0.1) is 0 Å². The summed E-state index contributed by atoms with van der Waals surface area (Å²) >= 11 is 0. The number of carbonyl (C=O) groups is 1. The molecule has 0 saturated carbocycles. The van der Waals surface area contributed by atoms with E-state index in [4.69, 9.17) is 9.47 Å². The molecule has 7 heteroatoms. The van der Waals surface area contributed by atoms with E-state index in [2.05, 4.69) is 32.7 Å². The number of amides is 2. The number of ether oxygens (including phenoxy) is 2. The van der Waals surface area contributed by atoms with Crippen LogP contribution in [0, 0.1) is 5.92 Å². The Kier molecular flexibility index (Phi) is 6.46. The lowest BCUT2D eigenvalue weighted by Crippen LogP contribution is -2.53. The molecule has 2 fully saturated rings. The maximum Gasteiger partial charge on any atom is 0.314 e. The molecule has 0 aliphatic carbocycles. The fourth-order valence-electron chi connectivity index (χ4n) is 4.27. The maximum absolute atomic E-state index is 12.3. The van der Waals surface area contributed by atoms with E-state index in [1.807, 2.05) is 18.3 Å². The van der Waals surface area contributed by atoms with Crippen molar-refractivity contribution in [1.82, 2.24) is 20.5 Å². The number of morpholine rings is 1. The van der Waals surface area contributed by atoms with Crippen LogP contribution >= 0.6 is 0 Å². The van der Waals surface area contributed by atoms with Gasteiger partial charge < -0.3 is 25.1 Å². The van der Waals surface area contributed by atoms with E-state index in [0.29, 0.717) is 25.0 Å². The van der Waals surface area contributed by atoms with E-state index in [1.165, 1.54) is 10.9 Å². The van der Waals surface area contributed by atoms with Gasteiger partial charge in [0.2, 0.25) is 0 Å². The summed E-state index contributed by atoms with van der Waals surface area (Å²) in [4.78, 5) is 18.1. The molecule has 2 unspecified atom stereocenters. The molecule has 2 atom stereocenters. The number of carbonyl (C=O) groups excluding carboxylic acids is 1. The first kappa shape index (κ1) is 19.2. The lowest BCUT2D eigenvalue weighted by molar-refractivity contribution is 0.00213. The van der Waals surface area contributed by atoms with Crippen molar-refractivity contribution < 1.29 is 14.3 Å². The summed E-state index contributed by atoms with van der Waals surface area (Å²) in [5.74, 6) is 0.477. The molecule has 3 N–H and O–H groups in total. The third kappa shape index (κ3) is 4.66. The molecule has 0 bridgehead atoms. The second-order valence-electron chi connectivity index (χ2n) is 7.59. The largest absolute Gasteiger partial charge is 0.381 e. The number of H-pyrrole nitrogens is 1. The van der Waals surface area contributed by atoms with Gasteiger partial charge >= 0.3 is 6.03 Å². The van der Waals surface area contributed by atoms with Crippen LogP contribution in [0.1, 0.15) is 12.0 Å². The van der Waals surface area contributed by atoms with Crippen LogP contribution in [0.15, 0.2) is 30.5 Å². The normalized spacial score (nSPS) is 21.6. The van der Waals surface area contributed by atoms with E-state index in [1.54, 1.807) is 0 Å². The van der Waals surface area contributed by atoms with Crippen LogP contribution in [-0.4, -0.2) is 74.6 Å². The molecule has 1 aromatic heterocycles. The van der Waals surface area contributed by atoms with Crippen LogP contribution < -0.4 is 10.6 Å². The Hall–Kier alpha value is -2.09. The predicted molar refractivity (Wildman–Crippen MR) is 109 cm³/mol. The molecule has 2 aliphatic rings. The first-order chi connectivity index (χ1) is 13.8. The van der Waals surface area contributed by atoms with Gasteiger partial charge in [-0.1, -0.05) is 18.2 Å². The summed E-state index contributed by atoms with van der Waals surface area (Å²) in [6.07, 6.45) is 3.89. The standard InChI is InChI=1S/C21H30N4O3/c26-21(22-7-5-16-13-23-19-4-2-1-3-18(16)19)24-14-20(17-6-10-28-15-17)25-8-11-27-12-9-25/h1-4,13,17,20,23H,5-12,14-15H2,(H2,22,24,26). The predicted octanol–water partition coefficient (Wildman–Crippen LogP) is 1.75. The smallest absolute Gasteiger partial charge is 0.314 e. The number of aromatic amines is 1. The first-order valence-electron chi connectivity index (χ1n) is 10.3. The molecule has 0 spiro atoms. The highest BCUT2D eigenvalue weighted by Crippen LogP contribution is 2.22. The number of aromatic nitrogens is 1. The zero-order chi connectivity index (χ0) is 19.2. The van der Waals surface area contributed by atoms with Crippen molar-refractivity contribution in [2.45, 2.75) is 18.9 Å². The lowest BCUT2D eigenvalue weighted by Gasteiger charge is -2.37. The number of fused-ring (bicyclic) bond motifs is 1. The number of nitrogens with zero attached hydrogens (tertiary/aromatic N) is 1. The third-order valence-electron chi connectivity index (χ3n) is 5.85. The van der Waals surface area contributed by atoms with Crippen molar-refractivity contribution in [2.24, 2.45) is 5.92 Å². The highest BCUT2D eigenvalue weighted by molar-refractivity contribution is 5.83. The fraction of sp³-hybridized carbons (Fsp3) is 0.571. The number of hydrogen-bond acceptors (Lipinski definition) is 4. The van der Waals surface area contributed by atoms with E-state index < -0.39 is 0 Å². The van der Waals surface area contributed by atoms with E-state index in [9.17, 15) is 4.79 Å². The molecule has 2 aromatic rings. The van der Waals surface area contributed by atoms with Crippen molar-refractivity contribution in [3.8, 4) is 0 Å². The van der Waals surface area contributed by atoms with Gasteiger partial charge in [-0.3, -0.25) is 4.90 Å². The topological polar surface area (TPSA) is 78.6 Å². The molecule has 4 rings (SSSR count). The highest BCUT2D eigenvalue weighted by atomic mass is 16.5. The third-order valence-corrected chi connectivity index (χ3v) is 5.85. The van der Waals surface area contributed by atoms with Crippen molar-refractivity contribution in [3.63, 3.8) is 0 Å². The molecule has 3 heterocycles. The Balaban J connectivity index is 1.25. The van der Waals surface area contributed by atoms with Gasteiger partial charge in [0.1, 0.15) is 0 Å². The van der Waals surface area contributed by atoms with Crippen LogP contribution in [0.25, 0.3) is 10.9 Å². The monoisotopic (exact) mass is 386 g/mol. The minimum absolute atomic E-state index is 0.1000. The summed E-state index contributed by atoms with van der Waals surface area (Å²) in [7, 11) is 0. The number of rotatable bonds is 7. The Morgan fingerprint density at radius 2 is 2.04 bits per heavy atom. The van der Waals surface area contributed by atoms with Crippen molar-refractivity contribution in [3.05, 3.63) is 36.0 Å². The number of nitrogens with one attached hydrogen (secondary N) is 3. The number of benzene rings is 1. The van der Waals surface area contributed by atoms with Gasteiger partial charge in [-0.25, -0.2) is 4.79 Å².